The van der Waals surface area contributed by atoms with Crippen LogP contribution in [-0.4, -0.2) is 37.6 Å². The predicted molar refractivity (Wildman–Crippen MR) is 74.8 cm³/mol. The van der Waals surface area contributed by atoms with E-state index >= 15 is 0 Å². The van der Waals surface area contributed by atoms with Crippen LogP contribution in [0, 0.1) is 22.7 Å². The van der Waals surface area contributed by atoms with E-state index < -0.39 is 0 Å². The van der Waals surface area contributed by atoms with Crippen molar-refractivity contribution in [3.63, 3.8) is 0 Å². The van der Waals surface area contributed by atoms with Crippen molar-refractivity contribution in [2.75, 3.05) is 37.6 Å². The molecule has 0 bridgehead atoms. The summed E-state index contributed by atoms with van der Waals surface area (Å²) in [6.45, 7) is 7.21. The Balaban J connectivity index is 2.17. The molecule has 98 valence electrons. The highest BCUT2D eigenvalue weighted by molar-refractivity contribution is 5.65. The molecule has 0 N–H and O–H groups in total. The van der Waals surface area contributed by atoms with Gasteiger partial charge in [0.25, 0.3) is 0 Å². The SMILES string of the molecule is CCCN1CCN(c2cccc(C#N)c2C#N)CC1. The molecule has 0 spiro atoms. The Bertz CT molecular complexity index is 516. The average molecular weight is 254 g/mol. The van der Waals surface area contributed by atoms with Gasteiger partial charge < -0.3 is 4.90 Å². The standard InChI is InChI=1S/C15H18N4/c1-2-6-18-7-9-19(10-8-18)15-5-3-4-13(11-16)14(15)12-17/h3-5H,2,6-10H2,1H3. The summed E-state index contributed by atoms with van der Waals surface area (Å²) in [6, 6.07) is 9.76. The molecule has 0 unspecified atom stereocenters. The van der Waals surface area contributed by atoms with Gasteiger partial charge in [-0.05, 0) is 25.1 Å². The molecule has 1 heterocycles. The Hall–Kier alpha value is -2.04. The molecule has 0 radical (unpaired) electrons. The summed E-state index contributed by atoms with van der Waals surface area (Å²) in [7, 11) is 0. The topological polar surface area (TPSA) is 54.1 Å². The summed E-state index contributed by atoms with van der Waals surface area (Å²) in [5.41, 5.74) is 1.88. The first-order valence-electron chi connectivity index (χ1n) is 6.70. The van der Waals surface area contributed by atoms with Crippen LogP contribution in [0.2, 0.25) is 0 Å². The zero-order valence-electron chi connectivity index (χ0n) is 11.3. The molecule has 0 atom stereocenters. The molecule has 19 heavy (non-hydrogen) atoms. The minimum atomic E-state index is 0.469. The van der Waals surface area contributed by atoms with Gasteiger partial charge in [-0.25, -0.2) is 0 Å². The Morgan fingerprint density at radius 1 is 1.11 bits per heavy atom. The Kier molecular flexibility index (Phi) is 4.39. The summed E-state index contributed by atoms with van der Waals surface area (Å²) in [5.74, 6) is 0. The van der Waals surface area contributed by atoms with Gasteiger partial charge >= 0.3 is 0 Å². The maximum atomic E-state index is 9.26. The van der Waals surface area contributed by atoms with Crippen molar-refractivity contribution < 1.29 is 0 Å². The Labute approximate surface area is 114 Å². The van der Waals surface area contributed by atoms with Crippen molar-refractivity contribution in [1.29, 1.82) is 10.5 Å². The molecule has 0 aromatic heterocycles. The smallest absolute Gasteiger partial charge is 0.103 e. The predicted octanol–water partition coefficient (Wildman–Crippen LogP) is 1.96. The molecule has 4 heteroatoms. The summed E-state index contributed by atoms with van der Waals surface area (Å²) >= 11 is 0. The molecular weight excluding hydrogens is 236 g/mol. The van der Waals surface area contributed by atoms with Crippen LogP contribution in [-0.2, 0) is 0 Å². The number of piperazine rings is 1. The van der Waals surface area contributed by atoms with Gasteiger partial charge in [0.2, 0.25) is 0 Å². The lowest BCUT2D eigenvalue weighted by molar-refractivity contribution is 0.258. The molecule has 0 saturated carbocycles. The number of hydrogen-bond acceptors (Lipinski definition) is 4. The Morgan fingerprint density at radius 3 is 2.42 bits per heavy atom. The maximum absolute atomic E-state index is 9.26. The van der Waals surface area contributed by atoms with Gasteiger partial charge in [0.1, 0.15) is 12.1 Å². The van der Waals surface area contributed by atoms with Crippen LogP contribution in [0.3, 0.4) is 0 Å². The number of anilines is 1. The van der Waals surface area contributed by atoms with E-state index in [1.807, 2.05) is 12.1 Å². The monoisotopic (exact) mass is 254 g/mol. The maximum Gasteiger partial charge on any atom is 0.103 e. The van der Waals surface area contributed by atoms with Gasteiger partial charge in [-0.1, -0.05) is 13.0 Å². The zero-order chi connectivity index (χ0) is 13.7. The van der Waals surface area contributed by atoms with Gasteiger partial charge in [-0.2, -0.15) is 10.5 Å². The minimum Gasteiger partial charge on any atom is -0.368 e. The van der Waals surface area contributed by atoms with Crippen LogP contribution in [0.4, 0.5) is 5.69 Å². The third-order valence-electron chi connectivity index (χ3n) is 3.53. The molecule has 1 aliphatic heterocycles. The van der Waals surface area contributed by atoms with E-state index in [0.717, 1.165) is 38.4 Å². The molecule has 1 saturated heterocycles. The molecule has 0 amide bonds. The van der Waals surface area contributed by atoms with E-state index in [1.54, 1.807) is 6.07 Å². The quantitative estimate of drug-likeness (QED) is 0.827. The second-order valence-electron chi connectivity index (χ2n) is 4.75. The van der Waals surface area contributed by atoms with Gasteiger partial charge in [0, 0.05) is 26.2 Å². The molecule has 1 fully saturated rings. The number of nitriles is 2. The third-order valence-corrected chi connectivity index (χ3v) is 3.53. The fourth-order valence-electron chi connectivity index (χ4n) is 2.54. The van der Waals surface area contributed by atoms with Crippen molar-refractivity contribution in [3.05, 3.63) is 29.3 Å². The summed E-state index contributed by atoms with van der Waals surface area (Å²) in [4.78, 5) is 4.66. The number of nitrogens with zero attached hydrogens (tertiary/aromatic N) is 4. The molecular formula is C15H18N4. The normalized spacial score (nSPS) is 15.8. The van der Waals surface area contributed by atoms with E-state index in [0.29, 0.717) is 11.1 Å². The summed E-state index contributed by atoms with van der Waals surface area (Å²) in [6.07, 6.45) is 1.17. The number of benzene rings is 1. The zero-order valence-corrected chi connectivity index (χ0v) is 11.3. The van der Waals surface area contributed by atoms with E-state index in [9.17, 15) is 5.26 Å². The van der Waals surface area contributed by atoms with Crippen molar-refractivity contribution in [2.45, 2.75) is 13.3 Å². The van der Waals surface area contributed by atoms with Crippen molar-refractivity contribution in [3.8, 4) is 12.1 Å². The van der Waals surface area contributed by atoms with Gasteiger partial charge in [0.05, 0.1) is 16.8 Å². The first-order valence-corrected chi connectivity index (χ1v) is 6.70. The second kappa shape index (κ2) is 6.22. The molecule has 2 rings (SSSR count). The first-order chi connectivity index (χ1) is 9.30. The van der Waals surface area contributed by atoms with E-state index in [-0.39, 0.29) is 0 Å². The van der Waals surface area contributed by atoms with E-state index in [1.165, 1.54) is 6.42 Å². The van der Waals surface area contributed by atoms with E-state index in [4.69, 9.17) is 5.26 Å². The molecule has 4 nitrogen and oxygen atoms in total. The summed E-state index contributed by atoms with van der Waals surface area (Å²) in [5, 5.41) is 18.3. The largest absolute Gasteiger partial charge is 0.368 e. The average Bonchev–Trinajstić information content (AvgIpc) is 2.47. The van der Waals surface area contributed by atoms with Gasteiger partial charge in [0.15, 0.2) is 0 Å². The van der Waals surface area contributed by atoms with Crippen LogP contribution in [0.1, 0.15) is 24.5 Å². The highest BCUT2D eigenvalue weighted by atomic mass is 15.3. The number of hydrogen-bond donors (Lipinski definition) is 0. The minimum absolute atomic E-state index is 0.469. The molecule has 1 aromatic carbocycles. The highest BCUT2D eigenvalue weighted by Gasteiger charge is 2.19. The van der Waals surface area contributed by atoms with Gasteiger partial charge in [-0.15, -0.1) is 0 Å². The lowest BCUT2D eigenvalue weighted by Gasteiger charge is -2.36. The third kappa shape index (κ3) is 2.86. The van der Waals surface area contributed by atoms with Crippen LogP contribution in [0.5, 0.6) is 0 Å². The first kappa shape index (κ1) is 13.4. The molecule has 0 aliphatic carbocycles. The fourth-order valence-corrected chi connectivity index (χ4v) is 2.54. The van der Waals surface area contributed by atoms with Crippen molar-refractivity contribution >= 4 is 5.69 Å². The van der Waals surface area contributed by atoms with Crippen molar-refractivity contribution in [1.82, 2.24) is 4.90 Å². The van der Waals surface area contributed by atoms with Crippen molar-refractivity contribution in [2.24, 2.45) is 0 Å². The van der Waals surface area contributed by atoms with Crippen LogP contribution in [0.15, 0.2) is 18.2 Å². The lowest BCUT2D eigenvalue weighted by Crippen LogP contribution is -2.46. The molecule has 1 aliphatic rings. The fraction of sp³-hybridized carbons (Fsp3) is 0.467. The van der Waals surface area contributed by atoms with Gasteiger partial charge in [-0.3, -0.25) is 4.90 Å². The highest BCUT2D eigenvalue weighted by Crippen LogP contribution is 2.24. The number of rotatable bonds is 3. The van der Waals surface area contributed by atoms with E-state index in [2.05, 4.69) is 28.9 Å². The van der Waals surface area contributed by atoms with Crippen LogP contribution < -0.4 is 4.90 Å². The lowest BCUT2D eigenvalue weighted by atomic mass is 10.1. The Morgan fingerprint density at radius 2 is 1.84 bits per heavy atom. The summed E-state index contributed by atoms with van der Waals surface area (Å²) < 4.78 is 0. The van der Waals surface area contributed by atoms with Crippen LogP contribution >= 0.6 is 0 Å². The van der Waals surface area contributed by atoms with Crippen LogP contribution in [0.25, 0.3) is 0 Å². The second-order valence-corrected chi connectivity index (χ2v) is 4.75. The molecule has 1 aromatic rings.